The third-order valence-corrected chi connectivity index (χ3v) is 4.86. The highest BCUT2D eigenvalue weighted by Gasteiger charge is 2.28. The first-order valence-electron chi connectivity index (χ1n) is 8.87. The smallest absolute Gasteiger partial charge is 0.230 e. The fourth-order valence-corrected chi connectivity index (χ4v) is 3.51. The largest absolute Gasteiger partial charge is 0.371 e. The Morgan fingerprint density at radius 3 is 2.42 bits per heavy atom. The number of nitrogens with zero attached hydrogens (tertiary/aromatic N) is 2. The number of rotatable bonds is 4. The SMILES string of the molecule is CCN(C(=O)C1CCN(c2ccccc2)CC1)c1cccc(C)c1. The Balaban J connectivity index is 1.66. The van der Waals surface area contributed by atoms with Gasteiger partial charge < -0.3 is 9.80 Å². The van der Waals surface area contributed by atoms with Crippen molar-refractivity contribution in [2.24, 2.45) is 5.92 Å². The van der Waals surface area contributed by atoms with E-state index < -0.39 is 0 Å². The number of para-hydroxylation sites is 1. The van der Waals surface area contributed by atoms with Gasteiger partial charge in [0.15, 0.2) is 0 Å². The summed E-state index contributed by atoms with van der Waals surface area (Å²) in [5.74, 6) is 0.404. The van der Waals surface area contributed by atoms with Gasteiger partial charge >= 0.3 is 0 Å². The minimum Gasteiger partial charge on any atom is -0.371 e. The third kappa shape index (κ3) is 3.61. The van der Waals surface area contributed by atoms with Gasteiger partial charge in [0, 0.05) is 36.9 Å². The molecule has 126 valence electrons. The molecule has 2 aromatic rings. The van der Waals surface area contributed by atoms with Crippen LogP contribution in [-0.2, 0) is 4.79 Å². The molecule has 1 amide bonds. The predicted octanol–water partition coefficient (Wildman–Crippen LogP) is 4.26. The highest BCUT2D eigenvalue weighted by molar-refractivity contribution is 5.95. The van der Waals surface area contributed by atoms with Crippen molar-refractivity contribution in [2.45, 2.75) is 26.7 Å². The lowest BCUT2D eigenvalue weighted by Crippen LogP contribution is -2.42. The van der Waals surface area contributed by atoms with Crippen LogP contribution in [0.2, 0.25) is 0 Å². The van der Waals surface area contributed by atoms with Gasteiger partial charge in [-0.3, -0.25) is 4.79 Å². The fourth-order valence-electron chi connectivity index (χ4n) is 3.51. The molecule has 1 aliphatic heterocycles. The maximum atomic E-state index is 13.0. The van der Waals surface area contributed by atoms with E-state index in [1.165, 1.54) is 11.3 Å². The first-order valence-corrected chi connectivity index (χ1v) is 8.87. The van der Waals surface area contributed by atoms with Gasteiger partial charge in [-0.1, -0.05) is 30.3 Å². The van der Waals surface area contributed by atoms with E-state index >= 15 is 0 Å². The molecule has 3 rings (SSSR count). The summed E-state index contributed by atoms with van der Waals surface area (Å²) in [6, 6.07) is 18.7. The summed E-state index contributed by atoms with van der Waals surface area (Å²) >= 11 is 0. The van der Waals surface area contributed by atoms with Crippen LogP contribution in [0.4, 0.5) is 11.4 Å². The highest BCUT2D eigenvalue weighted by atomic mass is 16.2. The molecule has 0 atom stereocenters. The van der Waals surface area contributed by atoms with Gasteiger partial charge in [0.2, 0.25) is 5.91 Å². The van der Waals surface area contributed by atoms with Crippen molar-refractivity contribution in [3.63, 3.8) is 0 Å². The Morgan fingerprint density at radius 2 is 1.79 bits per heavy atom. The number of anilines is 2. The molecule has 1 saturated heterocycles. The zero-order valence-electron chi connectivity index (χ0n) is 14.6. The Bertz CT molecular complexity index is 675. The van der Waals surface area contributed by atoms with Gasteiger partial charge in [0.25, 0.3) is 0 Å². The van der Waals surface area contributed by atoms with Gasteiger partial charge in [0.05, 0.1) is 0 Å². The minimum atomic E-state index is 0.130. The van der Waals surface area contributed by atoms with Crippen LogP contribution in [0.25, 0.3) is 0 Å². The first-order chi connectivity index (χ1) is 11.7. The molecular weight excluding hydrogens is 296 g/mol. The average molecular weight is 322 g/mol. The number of piperidine rings is 1. The van der Waals surface area contributed by atoms with E-state index in [4.69, 9.17) is 0 Å². The van der Waals surface area contributed by atoms with Crippen LogP contribution in [0, 0.1) is 12.8 Å². The lowest BCUT2D eigenvalue weighted by Gasteiger charge is -2.35. The molecule has 0 saturated carbocycles. The number of hydrogen-bond donors (Lipinski definition) is 0. The van der Waals surface area contributed by atoms with Crippen molar-refractivity contribution in [3.05, 3.63) is 60.2 Å². The summed E-state index contributed by atoms with van der Waals surface area (Å²) in [5, 5.41) is 0. The van der Waals surface area contributed by atoms with E-state index in [1.54, 1.807) is 0 Å². The second-order valence-corrected chi connectivity index (χ2v) is 6.52. The molecule has 24 heavy (non-hydrogen) atoms. The number of hydrogen-bond acceptors (Lipinski definition) is 2. The Morgan fingerprint density at radius 1 is 1.08 bits per heavy atom. The van der Waals surface area contributed by atoms with Gasteiger partial charge in [0.1, 0.15) is 0 Å². The molecule has 0 unspecified atom stereocenters. The van der Waals surface area contributed by atoms with E-state index in [0.29, 0.717) is 0 Å². The Kier molecular flexibility index (Phi) is 5.19. The van der Waals surface area contributed by atoms with Crippen LogP contribution in [0.1, 0.15) is 25.3 Å². The molecule has 2 aromatic carbocycles. The second kappa shape index (κ2) is 7.52. The van der Waals surface area contributed by atoms with Crippen molar-refractivity contribution in [2.75, 3.05) is 29.4 Å². The van der Waals surface area contributed by atoms with E-state index in [-0.39, 0.29) is 11.8 Å². The fraction of sp³-hybridized carbons (Fsp3) is 0.381. The molecule has 0 N–H and O–H groups in total. The van der Waals surface area contributed by atoms with E-state index in [0.717, 1.165) is 38.2 Å². The van der Waals surface area contributed by atoms with Crippen molar-refractivity contribution in [3.8, 4) is 0 Å². The summed E-state index contributed by atoms with van der Waals surface area (Å²) in [7, 11) is 0. The molecule has 1 aliphatic rings. The summed E-state index contributed by atoms with van der Waals surface area (Å²) in [5.41, 5.74) is 3.47. The summed E-state index contributed by atoms with van der Waals surface area (Å²) in [6.07, 6.45) is 1.85. The van der Waals surface area contributed by atoms with Crippen molar-refractivity contribution in [1.82, 2.24) is 0 Å². The molecule has 0 aromatic heterocycles. The average Bonchev–Trinajstić information content (AvgIpc) is 2.63. The Hall–Kier alpha value is -2.29. The van der Waals surface area contributed by atoms with Gasteiger partial charge in [-0.25, -0.2) is 0 Å². The molecule has 3 heteroatoms. The van der Waals surface area contributed by atoms with Gasteiger partial charge in [-0.05, 0) is 56.5 Å². The van der Waals surface area contributed by atoms with Crippen molar-refractivity contribution in [1.29, 1.82) is 0 Å². The zero-order chi connectivity index (χ0) is 16.9. The summed E-state index contributed by atoms with van der Waals surface area (Å²) < 4.78 is 0. The lowest BCUT2D eigenvalue weighted by atomic mass is 9.94. The van der Waals surface area contributed by atoms with E-state index in [9.17, 15) is 4.79 Å². The quantitative estimate of drug-likeness (QED) is 0.839. The standard InChI is InChI=1S/C21H26N2O/c1-3-23(20-11-7-8-17(2)16-20)21(24)18-12-14-22(15-13-18)19-9-5-4-6-10-19/h4-11,16,18H,3,12-15H2,1-2H3. The molecule has 0 spiro atoms. The van der Waals surface area contributed by atoms with Crippen LogP contribution in [0.5, 0.6) is 0 Å². The van der Waals surface area contributed by atoms with Crippen LogP contribution >= 0.6 is 0 Å². The van der Waals surface area contributed by atoms with Crippen LogP contribution < -0.4 is 9.80 Å². The van der Waals surface area contributed by atoms with Gasteiger partial charge in [-0.15, -0.1) is 0 Å². The molecule has 1 heterocycles. The molecule has 0 bridgehead atoms. The second-order valence-electron chi connectivity index (χ2n) is 6.52. The number of carbonyl (C=O) groups excluding carboxylic acids is 1. The molecule has 0 radical (unpaired) electrons. The zero-order valence-corrected chi connectivity index (χ0v) is 14.6. The number of amides is 1. The molecule has 0 aliphatic carbocycles. The third-order valence-electron chi connectivity index (χ3n) is 4.86. The van der Waals surface area contributed by atoms with Crippen LogP contribution in [0.15, 0.2) is 54.6 Å². The highest BCUT2D eigenvalue weighted by Crippen LogP contribution is 2.26. The molecular formula is C21H26N2O. The van der Waals surface area contributed by atoms with Crippen molar-refractivity contribution < 1.29 is 4.79 Å². The predicted molar refractivity (Wildman–Crippen MR) is 101 cm³/mol. The Labute approximate surface area is 144 Å². The number of benzene rings is 2. The maximum Gasteiger partial charge on any atom is 0.230 e. The molecule has 1 fully saturated rings. The maximum absolute atomic E-state index is 13.0. The number of aryl methyl sites for hydroxylation is 1. The first kappa shape index (κ1) is 16.6. The monoisotopic (exact) mass is 322 g/mol. The molecule has 3 nitrogen and oxygen atoms in total. The van der Waals surface area contributed by atoms with Crippen LogP contribution in [0.3, 0.4) is 0 Å². The number of carbonyl (C=O) groups is 1. The normalized spacial score (nSPS) is 15.3. The van der Waals surface area contributed by atoms with Crippen molar-refractivity contribution >= 4 is 17.3 Å². The topological polar surface area (TPSA) is 23.6 Å². The minimum absolute atomic E-state index is 0.130. The van der Waals surface area contributed by atoms with E-state index in [2.05, 4.69) is 55.1 Å². The lowest BCUT2D eigenvalue weighted by molar-refractivity contribution is -0.122. The summed E-state index contributed by atoms with van der Waals surface area (Å²) in [6.45, 7) is 6.75. The van der Waals surface area contributed by atoms with Crippen LogP contribution in [-0.4, -0.2) is 25.5 Å². The summed E-state index contributed by atoms with van der Waals surface area (Å²) in [4.78, 5) is 17.3. The van der Waals surface area contributed by atoms with E-state index in [1.807, 2.05) is 23.1 Å². The van der Waals surface area contributed by atoms with Gasteiger partial charge in [-0.2, -0.15) is 0 Å².